The first kappa shape index (κ1) is 21.4. The summed E-state index contributed by atoms with van der Waals surface area (Å²) in [7, 11) is 0. The van der Waals surface area contributed by atoms with Crippen molar-refractivity contribution >= 4 is 18.8 Å². The van der Waals surface area contributed by atoms with Crippen molar-refractivity contribution in [3.05, 3.63) is 0 Å². The zero-order valence-corrected chi connectivity index (χ0v) is 16.6. The monoisotopic (exact) mass is 384 g/mol. The summed E-state index contributed by atoms with van der Waals surface area (Å²) < 4.78 is 6.76. The molecule has 0 saturated carbocycles. The van der Waals surface area contributed by atoms with Crippen LogP contribution in [0.4, 0.5) is 0 Å². The van der Waals surface area contributed by atoms with E-state index in [2.05, 4.69) is 27.7 Å². The molecule has 0 rings (SSSR count). The predicted octanol–water partition coefficient (Wildman–Crippen LogP) is 3.64. The third-order valence-electron chi connectivity index (χ3n) is 3.94. The molecule has 0 aromatic rings. The average molecular weight is 386 g/mol. The molecule has 0 nitrogen and oxygen atoms in total. The summed E-state index contributed by atoms with van der Waals surface area (Å²) in [5.41, 5.74) is 0. The van der Waals surface area contributed by atoms with Crippen LogP contribution in [0.15, 0.2) is 0 Å². The SMILES string of the molecule is CCC[CH2][Sb+]([CH2]CCC)([CH2]CCC)[CH2]CCC.[Cl-]. The van der Waals surface area contributed by atoms with Crippen molar-refractivity contribution in [2.24, 2.45) is 0 Å². The van der Waals surface area contributed by atoms with Gasteiger partial charge in [-0.15, -0.1) is 0 Å². The van der Waals surface area contributed by atoms with Gasteiger partial charge in [-0.25, -0.2) is 0 Å². The Hall–Kier alpha value is 1.11. The summed E-state index contributed by atoms with van der Waals surface area (Å²) in [6.45, 7) is 9.48. The molecule has 0 fully saturated rings. The molecule has 0 aromatic carbocycles. The van der Waals surface area contributed by atoms with Crippen LogP contribution in [0.2, 0.25) is 17.5 Å². The molecule has 18 heavy (non-hydrogen) atoms. The third-order valence-corrected chi connectivity index (χ3v) is 18.4. The molecule has 0 aromatic heterocycles. The van der Waals surface area contributed by atoms with E-state index >= 15 is 0 Å². The molecule has 112 valence electrons. The van der Waals surface area contributed by atoms with Crippen LogP contribution in [0.3, 0.4) is 0 Å². The summed E-state index contributed by atoms with van der Waals surface area (Å²) in [5.74, 6) is 0. The summed E-state index contributed by atoms with van der Waals surface area (Å²) in [4.78, 5) is 0. The number of rotatable bonds is 12. The Morgan fingerprint density at radius 3 is 0.889 bits per heavy atom. The average Bonchev–Trinajstić information content (AvgIpc) is 2.37. The molecule has 0 aliphatic rings. The maximum absolute atomic E-state index is 2.37. The van der Waals surface area contributed by atoms with Gasteiger partial charge in [0.25, 0.3) is 0 Å². The van der Waals surface area contributed by atoms with Gasteiger partial charge in [-0.2, -0.15) is 0 Å². The van der Waals surface area contributed by atoms with E-state index in [0.29, 0.717) is 0 Å². The zero-order chi connectivity index (χ0) is 13.0. The standard InChI is InChI=1S/4C4H9.ClH.Sb/c4*1-3-4-2;;/h4*1,3-4H2,2H3;1H;/q;;;;;+1/p-1. The van der Waals surface area contributed by atoms with E-state index in [-0.39, 0.29) is 12.4 Å². The van der Waals surface area contributed by atoms with Crippen LogP contribution >= 0.6 is 0 Å². The maximum Gasteiger partial charge on any atom is -1.00 e. The Morgan fingerprint density at radius 1 is 0.500 bits per heavy atom. The van der Waals surface area contributed by atoms with Crippen LogP contribution in [-0.2, 0) is 0 Å². The number of unbranched alkanes of at least 4 members (excludes halogenated alkanes) is 4. The van der Waals surface area contributed by atoms with Gasteiger partial charge in [-0.05, 0) is 0 Å². The fourth-order valence-corrected chi connectivity index (χ4v) is 17.7. The normalized spacial score (nSPS) is 11.3. The molecular formula is C16H36ClSb. The Labute approximate surface area is 127 Å². The maximum atomic E-state index is 2.37. The van der Waals surface area contributed by atoms with Crippen LogP contribution in [0, 0.1) is 0 Å². The van der Waals surface area contributed by atoms with E-state index < -0.39 is 18.8 Å². The van der Waals surface area contributed by atoms with E-state index in [9.17, 15) is 0 Å². The Morgan fingerprint density at radius 2 is 0.722 bits per heavy atom. The topological polar surface area (TPSA) is 0 Å². The number of hydrogen-bond donors (Lipinski definition) is 0. The van der Waals surface area contributed by atoms with Crippen molar-refractivity contribution < 1.29 is 12.4 Å². The van der Waals surface area contributed by atoms with Crippen LogP contribution in [-0.4, -0.2) is 18.8 Å². The molecule has 0 aliphatic heterocycles. The summed E-state index contributed by atoms with van der Waals surface area (Å²) in [6.07, 6.45) is 11.8. The van der Waals surface area contributed by atoms with Gasteiger partial charge in [0.05, 0.1) is 0 Å². The minimum absolute atomic E-state index is 0. The molecule has 0 aliphatic carbocycles. The Balaban J connectivity index is 0. The summed E-state index contributed by atoms with van der Waals surface area (Å²) in [6, 6.07) is 0. The Bertz CT molecular complexity index is 122. The molecule has 2 heteroatoms. The summed E-state index contributed by atoms with van der Waals surface area (Å²) in [5, 5.41) is 0. The predicted molar refractivity (Wildman–Crippen MR) is 84.6 cm³/mol. The van der Waals surface area contributed by atoms with Gasteiger partial charge in [0.15, 0.2) is 0 Å². The molecule has 0 unspecified atom stereocenters. The van der Waals surface area contributed by atoms with Gasteiger partial charge in [-0.1, -0.05) is 0 Å². The van der Waals surface area contributed by atoms with Crippen molar-refractivity contribution in [1.29, 1.82) is 0 Å². The van der Waals surface area contributed by atoms with Gasteiger partial charge in [0.2, 0.25) is 0 Å². The second-order valence-electron chi connectivity index (χ2n) is 5.65. The van der Waals surface area contributed by atoms with Crippen molar-refractivity contribution in [3.8, 4) is 0 Å². The van der Waals surface area contributed by atoms with E-state index in [0.717, 1.165) is 0 Å². The van der Waals surface area contributed by atoms with Crippen molar-refractivity contribution in [1.82, 2.24) is 0 Å². The molecule has 0 amide bonds. The Kier molecular flexibility index (Phi) is 17.3. The molecule has 0 saturated heterocycles. The van der Waals surface area contributed by atoms with E-state index in [1.807, 2.05) is 0 Å². The molecular weight excluding hydrogens is 349 g/mol. The quantitative estimate of drug-likeness (QED) is 0.450. The van der Waals surface area contributed by atoms with Crippen molar-refractivity contribution in [2.75, 3.05) is 0 Å². The first-order chi connectivity index (χ1) is 8.24. The summed E-state index contributed by atoms with van der Waals surface area (Å²) >= 11 is -1.58. The van der Waals surface area contributed by atoms with E-state index in [4.69, 9.17) is 0 Å². The van der Waals surface area contributed by atoms with Gasteiger partial charge < -0.3 is 12.4 Å². The third kappa shape index (κ3) is 9.96. The number of halogens is 1. The van der Waals surface area contributed by atoms with E-state index in [1.54, 1.807) is 17.5 Å². The van der Waals surface area contributed by atoms with Gasteiger partial charge in [0, 0.05) is 0 Å². The van der Waals surface area contributed by atoms with E-state index in [1.165, 1.54) is 51.4 Å². The molecule has 0 radical (unpaired) electrons. The van der Waals surface area contributed by atoms with Crippen molar-refractivity contribution in [2.45, 2.75) is 96.5 Å². The molecule has 0 heterocycles. The minimum Gasteiger partial charge on any atom is -1.00 e. The number of hydrogen-bond acceptors (Lipinski definition) is 0. The molecule has 0 N–H and O–H groups in total. The van der Waals surface area contributed by atoms with Gasteiger partial charge in [0.1, 0.15) is 0 Å². The first-order valence-corrected chi connectivity index (χ1v) is 15.3. The van der Waals surface area contributed by atoms with Gasteiger partial charge >= 0.3 is 115 Å². The smallest absolute Gasteiger partial charge is 1.00 e. The second kappa shape index (κ2) is 14.5. The van der Waals surface area contributed by atoms with Crippen LogP contribution < -0.4 is 12.4 Å². The van der Waals surface area contributed by atoms with Crippen molar-refractivity contribution in [3.63, 3.8) is 0 Å². The van der Waals surface area contributed by atoms with Crippen LogP contribution in [0.5, 0.6) is 0 Å². The fraction of sp³-hybridized carbons (Fsp3) is 1.00. The van der Waals surface area contributed by atoms with Gasteiger partial charge in [-0.3, -0.25) is 0 Å². The molecule has 0 spiro atoms. The zero-order valence-electron chi connectivity index (χ0n) is 13.3. The van der Waals surface area contributed by atoms with Crippen LogP contribution in [0.1, 0.15) is 79.1 Å². The van der Waals surface area contributed by atoms with Crippen LogP contribution in [0.25, 0.3) is 0 Å². The second-order valence-corrected chi connectivity index (χ2v) is 18.4. The molecule has 0 bridgehead atoms. The fourth-order valence-electron chi connectivity index (χ4n) is 2.64. The minimum atomic E-state index is -1.58. The largest absolute Gasteiger partial charge is 1.00 e. The molecule has 0 atom stereocenters. The first-order valence-electron chi connectivity index (χ1n) is 8.09.